The molecule has 0 saturated carbocycles. The highest BCUT2D eigenvalue weighted by Gasteiger charge is 2.24. The molecule has 3 N–H and O–H groups in total. The molecule has 0 aliphatic carbocycles. The van der Waals surface area contributed by atoms with Crippen LogP contribution in [0.1, 0.15) is 5.56 Å². The van der Waals surface area contributed by atoms with Crippen LogP contribution in [0.3, 0.4) is 0 Å². The van der Waals surface area contributed by atoms with Gasteiger partial charge in [-0.25, -0.2) is 8.42 Å². The number of hydrogen-bond donors (Lipinski definition) is 3. The Balaban J connectivity index is 3.07. The van der Waals surface area contributed by atoms with Gasteiger partial charge in [-0.15, -0.1) is 0 Å². The minimum Gasteiger partial charge on any atom is -0.480 e. The molecule has 0 aliphatic rings. The minimum absolute atomic E-state index is 0.133. The number of carbonyl (C=O) groups is 1. The van der Waals surface area contributed by atoms with E-state index in [2.05, 4.69) is 0 Å². The van der Waals surface area contributed by atoms with Crippen molar-refractivity contribution in [3.05, 3.63) is 29.8 Å². The summed E-state index contributed by atoms with van der Waals surface area (Å²) in [4.78, 5) is 10.4. The van der Waals surface area contributed by atoms with Gasteiger partial charge in [0.1, 0.15) is 6.04 Å². The van der Waals surface area contributed by atoms with E-state index in [4.69, 9.17) is 15.5 Å². The van der Waals surface area contributed by atoms with Crippen LogP contribution in [0, 0.1) is 11.3 Å². The number of hydrogen-bond acceptors (Lipinski definition) is 5. The van der Waals surface area contributed by atoms with Crippen molar-refractivity contribution in [1.29, 1.82) is 5.26 Å². The quantitative estimate of drug-likeness (QED) is 0.648. The van der Waals surface area contributed by atoms with Crippen LogP contribution in [0.15, 0.2) is 29.2 Å². The summed E-state index contributed by atoms with van der Waals surface area (Å²) in [5.41, 5.74) is 0.133. The van der Waals surface area contributed by atoms with E-state index in [9.17, 15) is 13.2 Å². The highest BCUT2D eigenvalue weighted by Crippen LogP contribution is 2.11. The fourth-order valence-electron chi connectivity index (χ4n) is 1.15. The van der Waals surface area contributed by atoms with Crippen LogP contribution >= 0.6 is 0 Å². The summed E-state index contributed by atoms with van der Waals surface area (Å²) in [6.07, 6.45) is 0. The van der Waals surface area contributed by atoms with Gasteiger partial charge in [0.2, 0.25) is 10.0 Å². The molecule has 1 aromatic rings. The van der Waals surface area contributed by atoms with E-state index in [-0.39, 0.29) is 10.5 Å². The molecule has 1 aromatic carbocycles. The van der Waals surface area contributed by atoms with E-state index >= 15 is 0 Å². The number of benzene rings is 1. The average Bonchev–Trinajstić information content (AvgIpc) is 2.35. The second kappa shape index (κ2) is 5.59. The SMILES string of the molecule is N#Cc1cccc(S(=O)(=O)N[C@H](CO)C(=O)O)c1. The Morgan fingerprint density at radius 1 is 1.50 bits per heavy atom. The van der Waals surface area contributed by atoms with Gasteiger partial charge in [0.25, 0.3) is 0 Å². The summed E-state index contributed by atoms with van der Waals surface area (Å²) in [5, 5.41) is 26.0. The van der Waals surface area contributed by atoms with Crippen molar-refractivity contribution in [2.24, 2.45) is 0 Å². The molecular formula is C10H10N2O5S. The lowest BCUT2D eigenvalue weighted by Gasteiger charge is -2.12. The monoisotopic (exact) mass is 270 g/mol. The molecule has 0 unspecified atom stereocenters. The number of carboxylic acid groups (broad SMARTS) is 1. The van der Waals surface area contributed by atoms with Crippen LogP contribution in [0.4, 0.5) is 0 Å². The minimum atomic E-state index is -4.09. The number of nitriles is 1. The lowest BCUT2D eigenvalue weighted by Crippen LogP contribution is -2.43. The van der Waals surface area contributed by atoms with Crippen molar-refractivity contribution in [3.63, 3.8) is 0 Å². The smallest absolute Gasteiger partial charge is 0.324 e. The van der Waals surface area contributed by atoms with E-state index in [0.717, 1.165) is 6.07 Å². The Bertz CT molecular complexity index is 591. The van der Waals surface area contributed by atoms with Crippen LogP contribution in [0.2, 0.25) is 0 Å². The number of aliphatic hydroxyl groups is 1. The zero-order chi connectivity index (χ0) is 13.8. The summed E-state index contributed by atoms with van der Waals surface area (Å²) in [5.74, 6) is -1.49. The molecule has 7 nitrogen and oxygen atoms in total. The van der Waals surface area contributed by atoms with E-state index in [0.29, 0.717) is 0 Å². The van der Waals surface area contributed by atoms with Gasteiger partial charge in [-0.3, -0.25) is 4.79 Å². The number of aliphatic carboxylic acids is 1. The third-order valence-electron chi connectivity index (χ3n) is 2.05. The first-order valence-corrected chi connectivity index (χ1v) is 6.25. The zero-order valence-corrected chi connectivity index (χ0v) is 9.88. The fourth-order valence-corrected chi connectivity index (χ4v) is 2.38. The Hall–Kier alpha value is -1.95. The second-order valence-corrected chi connectivity index (χ2v) is 5.05. The van der Waals surface area contributed by atoms with Crippen LogP contribution < -0.4 is 4.72 Å². The molecule has 0 radical (unpaired) electrons. The Labute approximate surface area is 103 Å². The van der Waals surface area contributed by atoms with Crippen LogP contribution in [-0.2, 0) is 14.8 Å². The van der Waals surface area contributed by atoms with Crippen molar-refractivity contribution < 1.29 is 23.4 Å². The molecule has 18 heavy (non-hydrogen) atoms. The summed E-state index contributed by atoms with van der Waals surface area (Å²) in [6.45, 7) is -0.869. The number of rotatable bonds is 5. The molecule has 0 amide bonds. The topological polar surface area (TPSA) is 127 Å². The number of aliphatic hydroxyl groups excluding tert-OH is 1. The summed E-state index contributed by atoms with van der Waals surface area (Å²) in [6, 6.07) is 5.26. The Morgan fingerprint density at radius 2 is 2.17 bits per heavy atom. The van der Waals surface area contributed by atoms with Gasteiger partial charge in [0.15, 0.2) is 0 Å². The first-order valence-electron chi connectivity index (χ1n) is 4.77. The highest BCUT2D eigenvalue weighted by atomic mass is 32.2. The molecule has 96 valence electrons. The van der Waals surface area contributed by atoms with Gasteiger partial charge in [0, 0.05) is 0 Å². The van der Waals surface area contributed by atoms with Crippen LogP contribution in [0.5, 0.6) is 0 Å². The number of sulfonamides is 1. The lowest BCUT2D eigenvalue weighted by molar-refractivity contribution is -0.139. The molecular weight excluding hydrogens is 260 g/mol. The lowest BCUT2D eigenvalue weighted by atomic mass is 10.2. The van der Waals surface area contributed by atoms with Crippen molar-refractivity contribution in [2.45, 2.75) is 10.9 Å². The predicted molar refractivity (Wildman–Crippen MR) is 60.0 cm³/mol. The van der Waals surface area contributed by atoms with Crippen molar-refractivity contribution in [3.8, 4) is 6.07 Å². The second-order valence-electron chi connectivity index (χ2n) is 3.33. The average molecular weight is 270 g/mol. The largest absolute Gasteiger partial charge is 0.480 e. The first-order chi connectivity index (χ1) is 8.40. The van der Waals surface area contributed by atoms with Gasteiger partial charge in [0.05, 0.1) is 23.1 Å². The third-order valence-corrected chi connectivity index (χ3v) is 3.52. The van der Waals surface area contributed by atoms with Gasteiger partial charge >= 0.3 is 5.97 Å². The summed E-state index contributed by atoms with van der Waals surface area (Å²) in [7, 11) is -4.09. The molecule has 0 aromatic heterocycles. The van der Waals surface area contributed by atoms with E-state index in [1.165, 1.54) is 18.2 Å². The molecule has 8 heteroatoms. The van der Waals surface area contributed by atoms with Crippen LogP contribution in [0.25, 0.3) is 0 Å². The van der Waals surface area contributed by atoms with E-state index < -0.39 is 28.6 Å². The number of nitrogens with one attached hydrogen (secondary N) is 1. The molecule has 0 spiro atoms. The fraction of sp³-hybridized carbons (Fsp3) is 0.200. The maximum Gasteiger partial charge on any atom is 0.324 e. The molecule has 0 fully saturated rings. The number of nitrogens with zero attached hydrogens (tertiary/aromatic N) is 1. The molecule has 0 heterocycles. The highest BCUT2D eigenvalue weighted by molar-refractivity contribution is 7.89. The molecule has 1 atom stereocenters. The van der Waals surface area contributed by atoms with Crippen molar-refractivity contribution >= 4 is 16.0 Å². The zero-order valence-electron chi connectivity index (χ0n) is 9.07. The summed E-state index contributed by atoms with van der Waals surface area (Å²) < 4.78 is 25.4. The van der Waals surface area contributed by atoms with Gasteiger partial charge in [-0.2, -0.15) is 9.98 Å². The van der Waals surface area contributed by atoms with Crippen molar-refractivity contribution in [1.82, 2.24) is 4.72 Å². The summed E-state index contributed by atoms with van der Waals surface area (Å²) >= 11 is 0. The molecule has 0 aliphatic heterocycles. The number of carboxylic acids is 1. The van der Waals surface area contributed by atoms with Gasteiger partial charge in [-0.05, 0) is 18.2 Å². The Morgan fingerprint density at radius 3 is 2.67 bits per heavy atom. The molecule has 1 rings (SSSR count). The van der Waals surface area contributed by atoms with Crippen molar-refractivity contribution in [2.75, 3.05) is 6.61 Å². The maximum atomic E-state index is 11.8. The molecule has 0 saturated heterocycles. The van der Waals surface area contributed by atoms with E-state index in [1.807, 2.05) is 4.72 Å². The van der Waals surface area contributed by atoms with E-state index in [1.54, 1.807) is 6.07 Å². The normalized spacial score (nSPS) is 12.7. The standard InChI is InChI=1S/C10H10N2O5S/c11-5-7-2-1-3-8(4-7)18(16,17)12-9(6-13)10(14)15/h1-4,9,12-13H,6H2,(H,14,15)/t9-/m1/s1. The first kappa shape index (κ1) is 14.1. The van der Waals surface area contributed by atoms with Gasteiger partial charge < -0.3 is 10.2 Å². The predicted octanol–water partition coefficient (Wildman–Crippen LogP) is -0.718. The van der Waals surface area contributed by atoms with Crippen LogP contribution in [-0.4, -0.2) is 37.2 Å². The Kier molecular flexibility index (Phi) is 4.38. The third kappa shape index (κ3) is 3.27. The molecule has 0 bridgehead atoms. The van der Waals surface area contributed by atoms with Gasteiger partial charge in [-0.1, -0.05) is 6.07 Å². The maximum absolute atomic E-state index is 11.8.